The first-order valence-electron chi connectivity index (χ1n) is 8.82. The zero-order chi connectivity index (χ0) is 20.5. The Kier molecular flexibility index (Phi) is 8.09. The second-order valence-corrected chi connectivity index (χ2v) is 9.60. The zero-order valence-corrected chi connectivity index (χ0v) is 18.6. The van der Waals surface area contributed by atoms with Crippen molar-refractivity contribution in [2.24, 2.45) is 5.10 Å². The number of hydrogen-bond donors (Lipinski definition) is 1. The number of thioether (sulfide) groups is 2. The summed E-state index contributed by atoms with van der Waals surface area (Å²) < 4.78 is 1.68. The van der Waals surface area contributed by atoms with Crippen LogP contribution >= 0.6 is 34.9 Å². The van der Waals surface area contributed by atoms with E-state index in [9.17, 15) is 4.79 Å². The fourth-order valence-corrected chi connectivity index (χ4v) is 5.00. The largest absolute Gasteiger partial charge is 0.378 e. The van der Waals surface area contributed by atoms with Gasteiger partial charge in [-0.15, -0.1) is 10.2 Å². The number of amides is 1. The molecule has 1 heterocycles. The summed E-state index contributed by atoms with van der Waals surface area (Å²) in [6.45, 7) is 0. The third-order valence-electron chi connectivity index (χ3n) is 3.73. The molecule has 3 rings (SSSR count). The molecule has 2 aromatic carbocycles. The van der Waals surface area contributed by atoms with Gasteiger partial charge in [0.05, 0.1) is 12.0 Å². The van der Waals surface area contributed by atoms with Gasteiger partial charge in [-0.25, -0.2) is 5.43 Å². The van der Waals surface area contributed by atoms with Gasteiger partial charge in [-0.1, -0.05) is 77.3 Å². The molecule has 1 aromatic heterocycles. The molecule has 0 fully saturated rings. The minimum absolute atomic E-state index is 0.176. The van der Waals surface area contributed by atoms with Crippen LogP contribution in [0.15, 0.2) is 68.4 Å². The average molecular weight is 444 g/mol. The van der Waals surface area contributed by atoms with Crippen molar-refractivity contribution in [3.05, 3.63) is 65.7 Å². The number of benzene rings is 2. The van der Waals surface area contributed by atoms with Crippen molar-refractivity contribution in [3.63, 3.8) is 0 Å². The number of nitrogens with one attached hydrogen (secondary N) is 1. The first-order chi connectivity index (χ1) is 14.1. The third kappa shape index (κ3) is 7.19. The summed E-state index contributed by atoms with van der Waals surface area (Å²) in [5.74, 6) is 0.921. The number of rotatable bonds is 9. The van der Waals surface area contributed by atoms with Crippen molar-refractivity contribution >= 4 is 52.7 Å². The third-order valence-corrected chi connectivity index (χ3v) is 6.99. The highest BCUT2D eigenvalue weighted by atomic mass is 32.2. The molecule has 0 aliphatic carbocycles. The van der Waals surface area contributed by atoms with Crippen LogP contribution in [0.5, 0.6) is 0 Å². The molecule has 0 unspecified atom stereocenters. The molecule has 9 heteroatoms. The molecule has 3 aromatic rings. The molecule has 1 N–H and O–H groups in total. The Labute approximate surface area is 182 Å². The summed E-state index contributed by atoms with van der Waals surface area (Å²) in [4.78, 5) is 14.0. The second kappa shape index (κ2) is 11.0. The maximum atomic E-state index is 12.0. The lowest BCUT2D eigenvalue weighted by Crippen LogP contribution is -2.19. The van der Waals surface area contributed by atoms with Crippen LogP contribution in [0.3, 0.4) is 0 Å². The molecule has 0 spiro atoms. The molecule has 6 nitrogen and oxygen atoms in total. The van der Waals surface area contributed by atoms with E-state index in [4.69, 9.17) is 0 Å². The maximum Gasteiger partial charge on any atom is 0.250 e. The molecular weight excluding hydrogens is 422 g/mol. The van der Waals surface area contributed by atoms with Crippen LogP contribution in [0, 0.1) is 0 Å². The molecule has 150 valence electrons. The summed E-state index contributed by atoms with van der Waals surface area (Å²) in [6, 6.07) is 18.1. The van der Waals surface area contributed by atoms with Crippen LogP contribution in [0.4, 0.5) is 5.69 Å². The summed E-state index contributed by atoms with van der Waals surface area (Å²) >= 11 is 4.51. The van der Waals surface area contributed by atoms with Crippen LogP contribution in [0.1, 0.15) is 11.1 Å². The normalized spacial score (nSPS) is 11.0. The lowest BCUT2D eigenvalue weighted by Gasteiger charge is -2.11. The van der Waals surface area contributed by atoms with Crippen molar-refractivity contribution in [2.45, 2.75) is 14.4 Å². The second-order valence-electron chi connectivity index (χ2n) is 6.18. The molecule has 0 saturated heterocycles. The topological polar surface area (TPSA) is 70.5 Å². The molecule has 0 bridgehead atoms. The molecule has 0 aliphatic heterocycles. The highest BCUT2D eigenvalue weighted by Crippen LogP contribution is 2.30. The van der Waals surface area contributed by atoms with Crippen LogP contribution in [0.2, 0.25) is 0 Å². The number of aromatic nitrogens is 2. The minimum atomic E-state index is -0.176. The predicted molar refractivity (Wildman–Crippen MR) is 123 cm³/mol. The Morgan fingerprint density at radius 1 is 1.07 bits per heavy atom. The lowest BCUT2D eigenvalue weighted by atomic mass is 10.2. The summed E-state index contributed by atoms with van der Waals surface area (Å²) in [5.41, 5.74) is 5.82. The Morgan fingerprint density at radius 3 is 2.45 bits per heavy atom. The monoisotopic (exact) mass is 443 g/mol. The molecule has 0 saturated carbocycles. The lowest BCUT2D eigenvalue weighted by molar-refractivity contribution is -0.118. The zero-order valence-electron chi connectivity index (χ0n) is 16.1. The summed E-state index contributed by atoms with van der Waals surface area (Å²) in [5, 5.41) is 12.3. The van der Waals surface area contributed by atoms with Gasteiger partial charge in [0.15, 0.2) is 8.68 Å². The molecule has 0 radical (unpaired) electrons. The number of hydrogen-bond acceptors (Lipinski definition) is 8. The highest BCUT2D eigenvalue weighted by molar-refractivity contribution is 8.03. The maximum absolute atomic E-state index is 12.0. The van der Waals surface area contributed by atoms with Gasteiger partial charge < -0.3 is 4.90 Å². The standard InChI is InChI=1S/C20H21N5OS3/c1-25(2)17-10-8-15(9-11-17)12-21-22-18(26)14-28-20-24-23-19(29-20)27-13-16-6-4-3-5-7-16/h3-12H,13-14H2,1-2H3,(H,22,26)/b21-12-. The van der Waals surface area contributed by atoms with E-state index in [-0.39, 0.29) is 11.7 Å². The number of carbonyl (C=O) groups excluding carboxylic acids is 1. The van der Waals surface area contributed by atoms with E-state index in [1.165, 1.54) is 28.7 Å². The molecular formula is C20H21N5OS3. The Balaban J connectivity index is 1.39. The smallest absolute Gasteiger partial charge is 0.250 e. The van der Waals surface area contributed by atoms with Crippen LogP contribution < -0.4 is 10.3 Å². The van der Waals surface area contributed by atoms with Crippen molar-refractivity contribution in [2.75, 3.05) is 24.7 Å². The predicted octanol–water partition coefficient (Wildman–Crippen LogP) is 4.14. The van der Waals surface area contributed by atoms with Crippen molar-refractivity contribution in [3.8, 4) is 0 Å². The van der Waals surface area contributed by atoms with E-state index in [0.29, 0.717) is 0 Å². The van der Waals surface area contributed by atoms with Gasteiger partial charge in [0.25, 0.3) is 5.91 Å². The Bertz CT molecular complexity index is 942. The van der Waals surface area contributed by atoms with E-state index in [1.54, 1.807) is 18.0 Å². The van der Waals surface area contributed by atoms with Crippen molar-refractivity contribution in [1.29, 1.82) is 0 Å². The number of anilines is 1. The van der Waals surface area contributed by atoms with Gasteiger partial charge in [-0.2, -0.15) is 5.10 Å². The van der Waals surface area contributed by atoms with Crippen molar-refractivity contribution < 1.29 is 4.79 Å². The van der Waals surface area contributed by atoms with Crippen LogP contribution in [-0.4, -0.2) is 42.2 Å². The number of carbonyl (C=O) groups is 1. The van der Waals surface area contributed by atoms with E-state index in [2.05, 4.69) is 32.9 Å². The molecule has 1 amide bonds. The summed E-state index contributed by atoms with van der Waals surface area (Å²) in [6.07, 6.45) is 1.63. The molecule has 0 aliphatic rings. The summed E-state index contributed by atoms with van der Waals surface area (Å²) in [7, 11) is 3.98. The van der Waals surface area contributed by atoms with Crippen LogP contribution in [-0.2, 0) is 10.5 Å². The average Bonchev–Trinajstić information content (AvgIpc) is 3.20. The molecule has 0 atom stereocenters. The Morgan fingerprint density at radius 2 is 1.76 bits per heavy atom. The van der Waals surface area contributed by atoms with Gasteiger partial charge in [0.1, 0.15) is 0 Å². The van der Waals surface area contributed by atoms with Crippen molar-refractivity contribution in [1.82, 2.24) is 15.6 Å². The number of hydrazone groups is 1. The number of nitrogens with zero attached hydrogens (tertiary/aromatic N) is 4. The van der Waals surface area contributed by atoms with Gasteiger partial charge in [0, 0.05) is 25.5 Å². The van der Waals surface area contributed by atoms with Gasteiger partial charge in [-0.05, 0) is 23.3 Å². The van der Waals surface area contributed by atoms with E-state index in [0.717, 1.165) is 25.7 Å². The van der Waals surface area contributed by atoms with Crippen LogP contribution in [0.25, 0.3) is 0 Å². The quantitative estimate of drug-likeness (QED) is 0.304. The fourth-order valence-electron chi connectivity index (χ4n) is 2.23. The van der Waals surface area contributed by atoms with Gasteiger partial charge >= 0.3 is 0 Å². The Hall–Kier alpha value is -2.36. The van der Waals surface area contributed by atoms with E-state index < -0.39 is 0 Å². The highest BCUT2D eigenvalue weighted by Gasteiger charge is 2.08. The fraction of sp³-hybridized carbons (Fsp3) is 0.200. The van der Waals surface area contributed by atoms with Gasteiger partial charge in [-0.3, -0.25) is 4.79 Å². The van der Waals surface area contributed by atoms with Gasteiger partial charge in [0.2, 0.25) is 0 Å². The van der Waals surface area contributed by atoms with E-state index in [1.807, 2.05) is 61.5 Å². The SMILES string of the molecule is CN(C)c1ccc(/C=N\NC(=O)CSc2nnc(SCc3ccccc3)s2)cc1. The first kappa shape index (κ1) is 21.4. The minimum Gasteiger partial charge on any atom is -0.378 e. The van der Waals surface area contributed by atoms with E-state index >= 15 is 0 Å². The first-order valence-corrected chi connectivity index (χ1v) is 11.6. The molecule has 29 heavy (non-hydrogen) atoms.